The molecule has 0 aromatic rings. The first-order chi connectivity index (χ1) is 10.7. The molecule has 0 unspecified atom stereocenters. The number of carbonyl (C=O) groups is 2. The van der Waals surface area contributed by atoms with E-state index in [-0.39, 0.29) is 18.4 Å². The number of imide groups is 1. The zero-order valence-electron chi connectivity index (χ0n) is 14.5. The van der Waals surface area contributed by atoms with E-state index >= 15 is 0 Å². The van der Waals surface area contributed by atoms with E-state index in [0.29, 0.717) is 6.42 Å². The molecule has 0 saturated heterocycles. The van der Waals surface area contributed by atoms with Gasteiger partial charge in [0.05, 0.1) is 6.54 Å². The predicted octanol–water partition coefficient (Wildman–Crippen LogP) is 4.07. The predicted molar refractivity (Wildman–Crippen MR) is 92.5 cm³/mol. The van der Waals surface area contributed by atoms with Crippen LogP contribution >= 0.6 is 0 Å². The highest BCUT2D eigenvalue weighted by molar-refractivity contribution is 5.95. The SMILES string of the molecule is CCCCCCCCCCCCCCCC(=O)NC(=O)CN. The van der Waals surface area contributed by atoms with Gasteiger partial charge < -0.3 is 5.73 Å². The van der Waals surface area contributed by atoms with Crippen LogP contribution in [0.25, 0.3) is 0 Å². The summed E-state index contributed by atoms with van der Waals surface area (Å²) in [5, 5.41) is 2.27. The summed E-state index contributed by atoms with van der Waals surface area (Å²) in [5.41, 5.74) is 5.13. The Morgan fingerprint density at radius 2 is 1.09 bits per heavy atom. The van der Waals surface area contributed by atoms with Gasteiger partial charge in [-0.25, -0.2) is 0 Å². The first kappa shape index (κ1) is 21.1. The molecule has 0 heterocycles. The zero-order valence-corrected chi connectivity index (χ0v) is 14.5. The van der Waals surface area contributed by atoms with Crippen LogP contribution in [0.4, 0.5) is 0 Å². The third kappa shape index (κ3) is 15.5. The Morgan fingerprint density at radius 3 is 1.50 bits per heavy atom. The lowest BCUT2D eigenvalue weighted by atomic mass is 10.0. The van der Waals surface area contributed by atoms with Crippen LogP contribution < -0.4 is 11.1 Å². The van der Waals surface area contributed by atoms with Gasteiger partial charge in [-0.2, -0.15) is 0 Å². The topological polar surface area (TPSA) is 72.2 Å². The van der Waals surface area contributed by atoms with Crippen molar-refractivity contribution < 1.29 is 9.59 Å². The molecule has 0 fully saturated rings. The minimum absolute atomic E-state index is 0.121. The summed E-state index contributed by atoms with van der Waals surface area (Å²) in [6.45, 7) is 2.14. The maximum absolute atomic E-state index is 11.3. The number of nitrogens with one attached hydrogen (secondary N) is 1. The fourth-order valence-corrected chi connectivity index (χ4v) is 2.57. The summed E-state index contributed by atoms with van der Waals surface area (Å²) >= 11 is 0. The molecule has 4 nitrogen and oxygen atoms in total. The van der Waals surface area contributed by atoms with Crippen LogP contribution in [0.15, 0.2) is 0 Å². The molecule has 0 bridgehead atoms. The van der Waals surface area contributed by atoms with E-state index in [9.17, 15) is 9.59 Å². The molecule has 3 N–H and O–H groups in total. The van der Waals surface area contributed by atoms with Crippen LogP contribution in [0.5, 0.6) is 0 Å². The monoisotopic (exact) mass is 312 g/mol. The van der Waals surface area contributed by atoms with Gasteiger partial charge in [0, 0.05) is 6.42 Å². The average molecular weight is 312 g/mol. The van der Waals surface area contributed by atoms with Gasteiger partial charge in [0.15, 0.2) is 0 Å². The maximum atomic E-state index is 11.3. The van der Waals surface area contributed by atoms with Gasteiger partial charge in [-0.1, -0.05) is 84.0 Å². The van der Waals surface area contributed by atoms with Crippen LogP contribution in [-0.2, 0) is 9.59 Å². The largest absolute Gasteiger partial charge is 0.322 e. The Labute approximate surface area is 136 Å². The molecule has 0 aliphatic heterocycles. The summed E-state index contributed by atoms with van der Waals surface area (Å²) in [4.78, 5) is 22.2. The summed E-state index contributed by atoms with van der Waals surface area (Å²) in [7, 11) is 0. The summed E-state index contributed by atoms with van der Waals surface area (Å²) in [5.74, 6) is -0.585. The quantitative estimate of drug-likeness (QED) is 0.448. The van der Waals surface area contributed by atoms with Gasteiger partial charge in [0.1, 0.15) is 0 Å². The van der Waals surface area contributed by atoms with Crippen LogP contribution in [0.1, 0.15) is 96.8 Å². The van der Waals surface area contributed by atoms with Crippen molar-refractivity contribution in [2.75, 3.05) is 6.54 Å². The van der Waals surface area contributed by atoms with E-state index in [1.807, 2.05) is 0 Å². The lowest BCUT2D eigenvalue weighted by Gasteiger charge is -2.04. The molecule has 22 heavy (non-hydrogen) atoms. The number of carbonyl (C=O) groups excluding carboxylic acids is 2. The Bertz CT molecular complexity index is 280. The van der Waals surface area contributed by atoms with Crippen LogP contribution in [0, 0.1) is 0 Å². The van der Waals surface area contributed by atoms with Gasteiger partial charge in [-0.05, 0) is 6.42 Å². The minimum atomic E-state index is -0.389. The van der Waals surface area contributed by atoms with Crippen molar-refractivity contribution in [2.45, 2.75) is 96.8 Å². The van der Waals surface area contributed by atoms with Crippen molar-refractivity contribution >= 4 is 11.8 Å². The first-order valence-corrected chi connectivity index (χ1v) is 9.23. The van der Waals surface area contributed by atoms with E-state index < -0.39 is 0 Å². The molecule has 2 amide bonds. The van der Waals surface area contributed by atoms with E-state index in [0.717, 1.165) is 12.8 Å². The van der Waals surface area contributed by atoms with Crippen molar-refractivity contribution in [1.82, 2.24) is 5.32 Å². The fraction of sp³-hybridized carbons (Fsp3) is 0.889. The van der Waals surface area contributed by atoms with E-state index in [1.54, 1.807) is 0 Å². The Hall–Kier alpha value is -0.900. The summed E-state index contributed by atoms with van der Waals surface area (Å²) in [6.07, 6.45) is 17.2. The molecule has 0 radical (unpaired) electrons. The number of nitrogens with two attached hydrogens (primary N) is 1. The van der Waals surface area contributed by atoms with Crippen molar-refractivity contribution in [3.63, 3.8) is 0 Å². The minimum Gasteiger partial charge on any atom is -0.322 e. The fourth-order valence-electron chi connectivity index (χ4n) is 2.57. The third-order valence-electron chi connectivity index (χ3n) is 3.97. The highest BCUT2D eigenvalue weighted by Gasteiger charge is 2.04. The number of rotatable bonds is 15. The van der Waals surface area contributed by atoms with E-state index in [2.05, 4.69) is 12.2 Å². The Balaban J connectivity index is 3.14. The second kappa shape index (κ2) is 16.5. The van der Waals surface area contributed by atoms with Crippen LogP contribution in [0.3, 0.4) is 0 Å². The van der Waals surface area contributed by atoms with Crippen molar-refractivity contribution in [2.24, 2.45) is 5.73 Å². The van der Waals surface area contributed by atoms with Gasteiger partial charge in [0.25, 0.3) is 0 Å². The van der Waals surface area contributed by atoms with Crippen LogP contribution in [-0.4, -0.2) is 18.4 Å². The third-order valence-corrected chi connectivity index (χ3v) is 3.97. The standard InChI is InChI=1S/C18H36N2O2/c1-2-3-4-5-6-7-8-9-10-11-12-13-14-15-17(21)20-18(22)16-19/h2-16,19H2,1H3,(H,20,21,22). The molecule has 0 aliphatic carbocycles. The molecule has 0 rings (SSSR count). The highest BCUT2D eigenvalue weighted by Crippen LogP contribution is 2.12. The van der Waals surface area contributed by atoms with Gasteiger partial charge >= 0.3 is 0 Å². The van der Waals surface area contributed by atoms with E-state index in [4.69, 9.17) is 5.73 Å². The highest BCUT2D eigenvalue weighted by atomic mass is 16.2. The molecule has 0 spiro atoms. The van der Waals surface area contributed by atoms with Crippen molar-refractivity contribution in [1.29, 1.82) is 0 Å². The van der Waals surface area contributed by atoms with Crippen molar-refractivity contribution in [3.8, 4) is 0 Å². The summed E-state index contributed by atoms with van der Waals surface area (Å²) < 4.78 is 0. The van der Waals surface area contributed by atoms with E-state index in [1.165, 1.54) is 70.6 Å². The second-order valence-corrected chi connectivity index (χ2v) is 6.17. The smallest absolute Gasteiger partial charge is 0.240 e. The van der Waals surface area contributed by atoms with Crippen LogP contribution in [0.2, 0.25) is 0 Å². The molecule has 0 aromatic carbocycles. The zero-order chi connectivity index (χ0) is 16.5. The molecule has 0 saturated carbocycles. The maximum Gasteiger partial charge on any atom is 0.240 e. The van der Waals surface area contributed by atoms with Gasteiger partial charge in [0.2, 0.25) is 11.8 Å². The Kier molecular flexibility index (Phi) is 15.8. The Morgan fingerprint density at radius 1 is 0.682 bits per heavy atom. The van der Waals surface area contributed by atoms with Gasteiger partial charge in [-0.15, -0.1) is 0 Å². The lowest BCUT2D eigenvalue weighted by Crippen LogP contribution is -2.35. The second-order valence-electron chi connectivity index (χ2n) is 6.17. The number of amides is 2. The van der Waals surface area contributed by atoms with Crippen molar-refractivity contribution in [3.05, 3.63) is 0 Å². The van der Waals surface area contributed by atoms with Gasteiger partial charge in [-0.3, -0.25) is 14.9 Å². The number of hydrogen-bond acceptors (Lipinski definition) is 3. The molecule has 0 aromatic heterocycles. The summed E-state index contributed by atoms with van der Waals surface area (Å²) in [6, 6.07) is 0. The molecule has 4 heteroatoms. The normalized spacial score (nSPS) is 10.6. The average Bonchev–Trinajstić information content (AvgIpc) is 2.51. The first-order valence-electron chi connectivity index (χ1n) is 9.23. The molecular weight excluding hydrogens is 276 g/mol. The molecule has 0 atom stereocenters. The molecule has 0 aliphatic rings. The molecule has 130 valence electrons. The molecular formula is C18H36N2O2. The lowest BCUT2D eigenvalue weighted by molar-refractivity contribution is -0.129. The number of hydrogen-bond donors (Lipinski definition) is 2. The number of unbranched alkanes of at least 4 members (excludes halogenated alkanes) is 12.